The molecular weight excluding hydrogens is 379 g/mol. The lowest BCUT2D eigenvalue weighted by Gasteiger charge is -2.18. The molecule has 0 radical (unpaired) electrons. The Hall–Kier alpha value is -3.34. The van der Waals surface area contributed by atoms with Crippen LogP contribution in [0.15, 0.2) is 51.8 Å². The summed E-state index contributed by atoms with van der Waals surface area (Å²) in [6.45, 7) is -0.270. The van der Waals surface area contributed by atoms with E-state index in [2.05, 4.69) is 9.71 Å². The van der Waals surface area contributed by atoms with Gasteiger partial charge in [-0.25, -0.2) is 0 Å². The minimum atomic E-state index is -3.82. The number of carbonyl (C=O) groups is 1. The Morgan fingerprint density at radius 3 is 2.70 bits per heavy atom. The topological polar surface area (TPSA) is 122 Å². The quantitative estimate of drug-likeness (QED) is 0.625. The number of nitrogens with one attached hydrogen (secondary N) is 1. The summed E-state index contributed by atoms with van der Waals surface area (Å²) in [5.41, 5.74) is -0.338. The number of sulfonamides is 1. The van der Waals surface area contributed by atoms with Crippen LogP contribution in [0.1, 0.15) is 5.56 Å². The summed E-state index contributed by atoms with van der Waals surface area (Å²) in [6, 6.07) is 9.20. The third-order valence-corrected chi connectivity index (χ3v) is 5.11. The van der Waals surface area contributed by atoms with Gasteiger partial charge in [0, 0.05) is 24.4 Å². The summed E-state index contributed by atoms with van der Waals surface area (Å²) < 4.78 is 41.2. The fourth-order valence-corrected chi connectivity index (χ4v) is 3.84. The fraction of sp³-hybridized carbons (Fsp3) is 0.125. The first-order valence-electron chi connectivity index (χ1n) is 7.58. The monoisotopic (exact) mass is 392 g/mol. The maximum atomic E-state index is 13.4. The zero-order valence-electron chi connectivity index (χ0n) is 13.9. The van der Waals surface area contributed by atoms with Crippen LogP contribution < -0.4 is 5.32 Å². The van der Waals surface area contributed by atoms with Gasteiger partial charge in [-0.05, 0) is 24.3 Å². The van der Waals surface area contributed by atoms with Crippen LogP contribution in [0.25, 0.3) is 0 Å². The van der Waals surface area contributed by atoms with E-state index in [0.29, 0.717) is 5.56 Å². The van der Waals surface area contributed by atoms with E-state index in [1.807, 2.05) is 0 Å². The Morgan fingerprint density at radius 2 is 2.00 bits per heavy atom. The van der Waals surface area contributed by atoms with Crippen molar-refractivity contribution in [2.45, 2.75) is 4.90 Å². The van der Waals surface area contributed by atoms with Gasteiger partial charge in [0.15, 0.2) is 5.84 Å². The number of amidine groups is 1. The number of amides is 1. The van der Waals surface area contributed by atoms with Gasteiger partial charge >= 0.3 is 5.69 Å². The molecule has 0 bridgehead atoms. The van der Waals surface area contributed by atoms with Crippen molar-refractivity contribution in [2.24, 2.45) is 4.40 Å². The minimum absolute atomic E-state index is 0.0443. The average Bonchev–Trinajstić information content (AvgIpc) is 2.88. The van der Waals surface area contributed by atoms with E-state index in [4.69, 9.17) is 0 Å². The standard InChI is InChI=1S/C16H13FN4O5S/c1-20(16-11-4-2-3-5-14(11)27(25,26)19-16)9-15(22)18-10-6-7-12(17)13(8-10)21(23)24/h2-8H,9H2,1H3,(H,18,22). The van der Waals surface area contributed by atoms with Crippen LogP contribution in [0, 0.1) is 15.9 Å². The maximum Gasteiger partial charge on any atom is 0.306 e. The summed E-state index contributed by atoms with van der Waals surface area (Å²) in [6.07, 6.45) is 0. The van der Waals surface area contributed by atoms with Crippen LogP contribution in [0.2, 0.25) is 0 Å². The second-order valence-corrected chi connectivity index (χ2v) is 7.29. The Kier molecular flexibility index (Phi) is 4.62. The number of rotatable bonds is 4. The number of fused-ring (bicyclic) bond motifs is 1. The second kappa shape index (κ2) is 6.76. The molecule has 0 saturated heterocycles. The lowest BCUT2D eigenvalue weighted by molar-refractivity contribution is -0.387. The number of carbonyl (C=O) groups excluding carboxylic acids is 1. The number of nitro groups is 1. The molecule has 1 aliphatic rings. The van der Waals surface area contributed by atoms with E-state index in [1.165, 1.54) is 24.1 Å². The first kappa shape index (κ1) is 18.5. The zero-order valence-corrected chi connectivity index (χ0v) is 14.7. The third-order valence-electron chi connectivity index (χ3n) is 3.78. The van der Waals surface area contributed by atoms with E-state index in [9.17, 15) is 27.7 Å². The number of halogens is 1. The summed E-state index contributed by atoms with van der Waals surface area (Å²) in [5.74, 6) is -1.48. The molecule has 140 valence electrons. The largest absolute Gasteiger partial charge is 0.349 e. The van der Waals surface area contributed by atoms with Gasteiger partial charge in [-0.3, -0.25) is 14.9 Å². The summed E-state index contributed by atoms with van der Waals surface area (Å²) in [7, 11) is -2.33. The van der Waals surface area contributed by atoms with Gasteiger partial charge in [-0.15, -0.1) is 4.40 Å². The Balaban J connectivity index is 1.76. The fourth-order valence-electron chi connectivity index (χ4n) is 2.58. The van der Waals surface area contributed by atoms with Gasteiger partial charge < -0.3 is 10.2 Å². The highest BCUT2D eigenvalue weighted by Gasteiger charge is 2.31. The molecule has 1 heterocycles. The zero-order chi connectivity index (χ0) is 19.8. The van der Waals surface area contributed by atoms with Crippen molar-refractivity contribution < 1.29 is 22.5 Å². The normalized spacial score (nSPS) is 14.2. The van der Waals surface area contributed by atoms with Crippen LogP contribution in [-0.2, 0) is 14.8 Å². The number of hydrogen-bond donors (Lipinski definition) is 1. The highest BCUT2D eigenvalue weighted by atomic mass is 32.2. The summed E-state index contributed by atoms with van der Waals surface area (Å²) >= 11 is 0. The van der Waals surface area contributed by atoms with E-state index in [-0.39, 0.29) is 23.0 Å². The number of nitro benzene ring substituents is 1. The predicted octanol–water partition coefficient (Wildman–Crippen LogP) is 1.75. The van der Waals surface area contributed by atoms with Gasteiger partial charge in [0.2, 0.25) is 11.7 Å². The van der Waals surface area contributed by atoms with Crippen LogP contribution >= 0.6 is 0 Å². The molecule has 9 nitrogen and oxygen atoms in total. The Bertz CT molecular complexity index is 1080. The molecule has 11 heteroatoms. The van der Waals surface area contributed by atoms with Crippen LogP contribution in [0.3, 0.4) is 0 Å². The first-order valence-corrected chi connectivity index (χ1v) is 9.02. The maximum absolute atomic E-state index is 13.4. The van der Waals surface area contributed by atoms with E-state index >= 15 is 0 Å². The first-order chi connectivity index (χ1) is 12.7. The molecule has 2 aromatic carbocycles. The van der Waals surface area contributed by atoms with Crippen molar-refractivity contribution in [3.05, 3.63) is 64.0 Å². The molecule has 0 aliphatic carbocycles. The molecule has 2 aromatic rings. The smallest absolute Gasteiger partial charge is 0.306 e. The van der Waals surface area contributed by atoms with Crippen molar-refractivity contribution in [2.75, 3.05) is 18.9 Å². The van der Waals surface area contributed by atoms with Gasteiger partial charge in [0.25, 0.3) is 10.0 Å². The van der Waals surface area contributed by atoms with E-state index in [1.54, 1.807) is 18.2 Å². The lowest BCUT2D eigenvalue weighted by Crippen LogP contribution is -2.34. The molecular formula is C16H13FN4O5S. The number of hydrogen-bond acceptors (Lipinski definition) is 6. The highest BCUT2D eigenvalue weighted by molar-refractivity contribution is 7.90. The minimum Gasteiger partial charge on any atom is -0.349 e. The molecule has 0 fully saturated rings. The molecule has 1 N–H and O–H groups in total. The molecule has 1 aliphatic heterocycles. The van der Waals surface area contributed by atoms with Gasteiger partial charge in [0.1, 0.15) is 4.90 Å². The second-order valence-electron chi connectivity index (χ2n) is 5.71. The molecule has 27 heavy (non-hydrogen) atoms. The van der Waals surface area contributed by atoms with Gasteiger partial charge in [-0.1, -0.05) is 12.1 Å². The Morgan fingerprint density at radius 1 is 1.30 bits per heavy atom. The predicted molar refractivity (Wildman–Crippen MR) is 94.5 cm³/mol. The van der Waals surface area contributed by atoms with Crippen LogP contribution in [-0.4, -0.2) is 43.6 Å². The lowest BCUT2D eigenvalue weighted by atomic mass is 10.2. The molecule has 1 amide bonds. The molecule has 0 aromatic heterocycles. The molecule has 0 saturated carbocycles. The Labute approximate surface area is 153 Å². The number of anilines is 1. The van der Waals surface area contributed by atoms with Crippen LogP contribution in [0.5, 0.6) is 0 Å². The molecule has 3 rings (SSSR count). The van der Waals surface area contributed by atoms with Crippen molar-refractivity contribution in [3.8, 4) is 0 Å². The SMILES string of the molecule is CN(CC(=O)Nc1ccc(F)c([N+](=O)[O-])c1)C1=NS(=O)(=O)c2ccccc21. The molecule has 0 spiro atoms. The molecule has 0 atom stereocenters. The van der Waals surface area contributed by atoms with Crippen molar-refractivity contribution in [1.82, 2.24) is 4.90 Å². The number of likely N-dealkylation sites (N-methyl/N-ethyl adjacent to an activating group) is 1. The summed E-state index contributed by atoms with van der Waals surface area (Å²) in [4.78, 5) is 23.5. The van der Waals surface area contributed by atoms with Crippen molar-refractivity contribution >= 4 is 33.1 Å². The number of benzene rings is 2. The van der Waals surface area contributed by atoms with Gasteiger partial charge in [-0.2, -0.15) is 12.8 Å². The number of nitrogens with zero attached hydrogens (tertiary/aromatic N) is 3. The van der Waals surface area contributed by atoms with Gasteiger partial charge in [0.05, 0.1) is 11.5 Å². The third kappa shape index (κ3) is 3.62. The van der Waals surface area contributed by atoms with E-state index in [0.717, 1.165) is 12.1 Å². The average molecular weight is 392 g/mol. The van der Waals surface area contributed by atoms with E-state index < -0.39 is 32.4 Å². The molecule has 0 unspecified atom stereocenters. The summed E-state index contributed by atoms with van der Waals surface area (Å²) in [5, 5.41) is 13.2. The van der Waals surface area contributed by atoms with Crippen molar-refractivity contribution in [1.29, 1.82) is 0 Å². The van der Waals surface area contributed by atoms with Crippen LogP contribution in [0.4, 0.5) is 15.8 Å². The highest BCUT2D eigenvalue weighted by Crippen LogP contribution is 2.27. The van der Waals surface area contributed by atoms with Crippen molar-refractivity contribution in [3.63, 3.8) is 0 Å².